The number of carbonyl (C=O) groups excluding carboxylic acids is 1. The number of likely N-dealkylation sites (tertiary alicyclic amines) is 1. The normalized spacial score (nSPS) is 22.3. The summed E-state index contributed by atoms with van der Waals surface area (Å²) < 4.78 is 37.2. The predicted octanol–water partition coefficient (Wildman–Crippen LogP) is 3.06. The summed E-state index contributed by atoms with van der Waals surface area (Å²) in [5.41, 5.74) is 1.10. The molecule has 1 aromatic rings. The lowest BCUT2D eigenvalue weighted by Gasteiger charge is -2.25. The first-order valence-electron chi connectivity index (χ1n) is 7.78. The van der Waals surface area contributed by atoms with Crippen LogP contribution in [0.1, 0.15) is 24.8 Å². The number of thiophene rings is 1. The van der Waals surface area contributed by atoms with Crippen molar-refractivity contribution >= 4 is 17.4 Å². The standard InChI is InChI=1S/C15H20F3N3OS/c16-15(17,18)10-20-5-3-12(8-20)19-14(22)21(13-1-2-13)7-11-4-6-23-9-11/h4,6,9,12-13H,1-3,5,7-8,10H2,(H,19,22). The SMILES string of the molecule is O=C(NC1CCN(CC(F)(F)F)C1)N(Cc1ccsc1)C1CC1. The van der Waals surface area contributed by atoms with Crippen molar-refractivity contribution in [3.8, 4) is 0 Å². The third-order valence-electron chi connectivity index (χ3n) is 4.18. The molecule has 1 aromatic heterocycles. The number of hydrogen-bond acceptors (Lipinski definition) is 3. The fraction of sp³-hybridized carbons (Fsp3) is 0.667. The second-order valence-corrected chi connectivity index (χ2v) is 7.06. The minimum Gasteiger partial charge on any atom is -0.334 e. The van der Waals surface area contributed by atoms with Crippen LogP contribution in [-0.2, 0) is 6.54 Å². The van der Waals surface area contributed by atoms with E-state index in [1.54, 1.807) is 11.3 Å². The van der Waals surface area contributed by atoms with Gasteiger partial charge in [-0.3, -0.25) is 4.90 Å². The highest BCUT2D eigenvalue weighted by Gasteiger charge is 2.37. The minimum absolute atomic E-state index is 0.155. The van der Waals surface area contributed by atoms with Gasteiger partial charge in [0.05, 0.1) is 6.54 Å². The monoisotopic (exact) mass is 347 g/mol. The molecule has 1 saturated carbocycles. The molecule has 0 aromatic carbocycles. The number of nitrogens with zero attached hydrogens (tertiary/aromatic N) is 2. The van der Waals surface area contributed by atoms with E-state index in [1.807, 2.05) is 21.7 Å². The van der Waals surface area contributed by atoms with Gasteiger partial charge in [-0.2, -0.15) is 24.5 Å². The molecule has 2 fully saturated rings. The first kappa shape index (κ1) is 16.6. The van der Waals surface area contributed by atoms with Gasteiger partial charge in [-0.25, -0.2) is 4.79 Å². The lowest BCUT2D eigenvalue weighted by atomic mass is 10.2. The van der Waals surface area contributed by atoms with Crippen molar-refractivity contribution in [3.05, 3.63) is 22.4 Å². The summed E-state index contributed by atoms with van der Waals surface area (Å²) in [5, 5.41) is 6.90. The van der Waals surface area contributed by atoms with Gasteiger partial charge < -0.3 is 10.2 Å². The summed E-state index contributed by atoms with van der Waals surface area (Å²) >= 11 is 1.59. The molecule has 2 aliphatic rings. The van der Waals surface area contributed by atoms with Crippen LogP contribution >= 0.6 is 11.3 Å². The number of carbonyl (C=O) groups is 1. The maximum atomic E-state index is 12.5. The number of alkyl halides is 3. The molecule has 4 nitrogen and oxygen atoms in total. The molecular formula is C15H20F3N3OS. The summed E-state index contributed by atoms with van der Waals surface area (Å²) in [6.45, 7) is 0.306. The maximum absolute atomic E-state index is 12.5. The second-order valence-electron chi connectivity index (χ2n) is 6.28. The quantitative estimate of drug-likeness (QED) is 0.889. The van der Waals surface area contributed by atoms with E-state index in [9.17, 15) is 18.0 Å². The smallest absolute Gasteiger partial charge is 0.334 e. The van der Waals surface area contributed by atoms with Crippen LogP contribution in [0.4, 0.5) is 18.0 Å². The molecule has 1 atom stereocenters. The van der Waals surface area contributed by atoms with Crippen LogP contribution in [-0.4, -0.2) is 53.7 Å². The van der Waals surface area contributed by atoms with Crippen molar-refractivity contribution in [3.63, 3.8) is 0 Å². The highest BCUT2D eigenvalue weighted by atomic mass is 32.1. The lowest BCUT2D eigenvalue weighted by molar-refractivity contribution is -0.143. The maximum Gasteiger partial charge on any atom is 0.401 e. The van der Waals surface area contributed by atoms with E-state index < -0.39 is 12.7 Å². The highest BCUT2D eigenvalue weighted by Crippen LogP contribution is 2.29. The van der Waals surface area contributed by atoms with Gasteiger partial charge in [0.15, 0.2) is 0 Å². The zero-order chi connectivity index (χ0) is 16.4. The van der Waals surface area contributed by atoms with Gasteiger partial charge in [0.1, 0.15) is 0 Å². The molecule has 23 heavy (non-hydrogen) atoms. The minimum atomic E-state index is -4.18. The zero-order valence-electron chi connectivity index (χ0n) is 12.7. The third kappa shape index (κ3) is 4.84. The topological polar surface area (TPSA) is 35.6 Å². The summed E-state index contributed by atoms with van der Waals surface area (Å²) in [6.07, 6.45) is -1.61. The summed E-state index contributed by atoms with van der Waals surface area (Å²) in [6, 6.07) is 1.90. The van der Waals surface area contributed by atoms with E-state index in [0.29, 0.717) is 19.5 Å². The molecule has 0 bridgehead atoms. The van der Waals surface area contributed by atoms with E-state index in [-0.39, 0.29) is 24.7 Å². The number of amides is 2. The van der Waals surface area contributed by atoms with E-state index >= 15 is 0 Å². The van der Waals surface area contributed by atoms with Crippen molar-refractivity contribution in [2.24, 2.45) is 0 Å². The Hall–Kier alpha value is -1.28. The van der Waals surface area contributed by atoms with Crippen LogP contribution in [0.25, 0.3) is 0 Å². The van der Waals surface area contributed by atoms with Crippen molar-refractivity contribution in [1.29, 1.82) is 0 Å². The molecule has 128 valence electrons. The number of rotatable bonds is 5. The molecule has 1 unspecified atom stereocenters. The van der Waals surface area contributed by atoms with E-state index in [1.165, 1.54) is 4.90 Å². The Bertz CT molecular complexity index is 531. The number of urea groups is 1. The Kier molecular flexibility index (Phi) is 4.82. The molecule has 2 amide bonds. The molecule has 0 spiro atoms. The van der Waals surface area contributed by atoms with Gasteiger partial charge in [0.2, 0.25) is 0 Å². The van der Waals surface area contributed by atoms with Crippen LogP contribution in [0.5, 0.6) is 0 Å². The van der Waals surface area contributed by atoms with Crippen LogP contribution in [0.2, 0.25) is 0 Å². The highest BCUT2D eigenvalue weighted by molar-refractivity contribution is 7.07. The second kappa shape index (κ2) is 6.68. The summed E-state index contributed by atoms with van der Waals surface area (Å²) in [5.74, 6) is 0. The van der Waals surface area contributed by atoms with Crippen LogP contribution in [0, 0.1) is 0 Å². The van der Waals surface area contributed by atoms with E-state index in [4.69, 9.17) is 0 Å². The molecule has 3 rings (SSSR count). The van der Waals surface area contributed by atoms with Crippen LogP contribution in [0.3, 0.4) is 0 Å². The largest absolute Gasteiger partial charge is 0.401 e. The van der Waals surface area contributed by atoms with Crippen molar-refractivity contribution in [1.82, 2.24) is 15.1 Å². The third-order valence-corrected chi connectivity index (χ3v) is 4.92. The first-order chi connectivity index (χ1) is 10.9. The van der Waals surface area contributed by atoms with Gasteiger partial charge >= 0.3 is 12.2 Å². The van der Waals surface area contributed by atoms with Gasteiger partial charge in [-0.05, 0) is 41.7 Å². The van der Waals surface area contributed by atoms with Gasteiger partial charge in [-0.15, -0.1) is 0 Å². The molecule has 1 aliphatic heterocycles. The Morgan fingerprint density at radius 1 is 1.39 bits per heavy atom. The molecule has 1 N–H and O–H groups in total. The fourth-order valence-corrected chi connectivity index (χ4v) is 3.60. The summed E-state index contributed by atoms with van der Waals surface area (Å²) in [7, 11) is 0. The fourth-order valence-electron chi connectivity index (χ4n) is 2.94. The average Bonchev–Trinajstić information content (AvgIpc) is 2.98. The number of halogens is 3. The first-order valence-corrected chi connectivity index (χ1v) is 8.72. The van der Waals surface area contributed by atoms with E-state index in [2.05, 4.69) is 5.32 Å². The lowest BCUT2D eigenvalue weighted by Crippen LogP contribution is -2.46. The molecule has 8 heteroatoms. The van der Waals surface area contributed by atoms with Crippen molar-refractivity contribution in [2.75, 3.05) is 19.6 Å². The molecular weight excluding hydrogens is 327 g/mol. The Morgan fingerprint density at radius 2 is 2.17 bits per heavy atom. The van der Waals surface area contributed by atoms with Gasteiger partial charge in [0, 0.05) is 31.7 Å². The van der Waals surface area contributed by atoms with Crippen LogP contribution in [0.15, 0.2) is 16.8 Å². The molecule has 1 aliphatic carbocycles. The average molecular weight is 347 g/mol. The Labute approximate surface area is 137 Å². The number of hydrogen-bond donors (Lipinski definition) is 1. The molecule has 2 heterocycles. The molecule has 1 saturated heterocycles. The molecule has 0 radical (unpaired) electrons. The van der Waals surface area contributed by atoms with Gasteiger partial charge in [-0.1, -0.05) is 0 Å². The zero-order valence-corrected chi connectivity index (χ0v) is 13.5. The summed E-state index contributed by atoms with van der Waals surface area (Å²) in [4.78, 5) is 15.6. The van der Waals surface area contributed by atoms with Gasteiger partial charge in [0.25, 0.3) is 0 Å². The van der Waals surface area contributed by atoms with Crippen LogP contribution < -0.4 is 5.32 Å². The van der Waals surface area contributed by atoms with Crippen molar-refractivity contribution < 1.29 is 18.0 Å². The number of nitrogens with one attached hydrogen (secondary N) is 1. The van der Waals surface area contributed by atoms with Crippen molar-refractivity contribution in [2.45, 2.75) is 44.1 Å². The predicted molar refractivity (Wildman–Crippen MR) is 82.3 cm³/mol. The Morgan fingerprint density at radius 3 is 2.78 bits per heavy atom. The van der Waals surface area contributed by atoms with E-state index in [0.717, 1.165) is 18.4 Å². The Balaban J connectivity index is 1.51.